The topological polar surface area (TPSA) is 76.1 Å². The molecule has 25 heavy (non-hydrogen) atoms. The van der Waals surface area contributed by atoms with Crippen molar-refractivity contribution < 1.29 is 24.2 Å². The molecule has 0 radical (unpaired) electrons. The summed E-state index contributed by atoms with van der Waals surface area (Å²) in [4.78, 5) is 26.2. The summed E-state index contributed by atoms with van der Waals surface area (Å²) in [5.41, 5.74) is -0.388. The van der Waals surface area contributed by atoms with E-state index in [0.717, 1.165) is 0 Å². The van der Waals surface area contributed by atoms with Crippen molar-refractivity contribution in [1.29, 1.82) is 0 Å². The Morgan fingerprint density at radius 1 is 1.20 bits per heavy atom. The highest BCUT2D eigenvalue weighted by Gasteiger charge is 2.48. The maximum atomic E-state index is 12.8. The Labute approximate surface area is 148 Å². The molecule has 1 aromatic rings. The minimum Gasteiger partial charge on any atom is -0.490 e. The highest BCUT2D eigenvalue weighted by atomic mass is 16.5. The Balaban J connectivity index is 2.24. The molecule has 1 N–H and O–H groups in total. The molecule has 1 fully saturated rings. The lowest BCUT2D eigenvalue weighted by molar-refractivity contribution is -0.150. The highest BCUT2D eigenvalue weighted by molar-refractivity contribution is 5.95. The Kier molecular flexibility index (Phi) is 5.93. The van der Waals surface area contributed by atoms with Gasteiger partial charge in [0.15, 0.2) is 11.5 Å². The standard InChI is InChI=1S/C19H27NO5/c1-5-24-15-8-7-14(11-16(15)25-6-2)17(21)20-10-9-19(12-20,13(3)4)18(22)23/h7-8,11,13H,5-6,9-10,12H2,1-4H3,(H,22,23). The van der Waals surface area contributed by atoms with Gasteiger partial charge in [0.05, 0.1) is 18.6 Å². The molecule has 0 saturated carbocycles. The number of hydrogen-bond acceptors (Lipinski definition) is 4. The van der Waals surface area contributed by atoms with Crippen LogP contribution in [-0.4, -0.2) is 48.2 Å². The molecule has 6 heteroatoms. The van der Waals surface area contributed by atoms with Crippen LogP contribution >= 0.6 is 0 Å². The van der Waals surface area contributed by atoms with E-state index in [2.05, 4.69) is 0 Å². The fourth-order valence-corrected chi connectivity index (χ4v) is 3.27. The molecule has 1 heterocycles. The van der Waals surface area contributed by atoms with Gasteiger partial charge in [0.25, 0.3) is 5.91 Å². The summed E-state index contributed by atoms with van der Waals surface area (Å²) in [5, 5.41) is 9.64. The van der Waals surface area contributed by atoms with Crippen LogP contribution < -0.4 is 9.47 Å². The van der Waals surface area contributed by atoms with Crippen LogP contribution in [0.5, 0.6) is 11.5 Å². The largest absolute Gasteiger partial charge is 0.490 e. The quantitative estimate of drug-likeness (QED) is 0.819. The second kappa shape index (κ2) is 7.76. The predicted octanol–water partition coefficient (Wildman–Crippen LogP) is 3.06. The van der Waals surface area contributed by atoms with Crippen LogP contribution in [0.3, 0.4) is 0 Å². The number of carboxylic acid groups (broad SMARTS) is 1. The van der Waals surface area contributed by atoms with Crippen molar-refractivity contribution >= 4 is 11.9 Å². The Morgan fingerprint density at radius 2 is 1.84 bits per heavy atom. The van der Waals surface area contributed by atoms with Crippen LogP contribution in [0.15, 0.2) is 18.2 Å². The summed E-state index contributed by atoms with van der Waals surface area (Å²) >= 11 is 0. The molecule has 0 spiro atoms. The van der Waals surface area contributed by atoms with E-state index in [1.807, 2.05) is 27.7 Å². The zero-order valence-corrected chi connectivity index (χ0v) is 15.4. The van der Waals surface area contributed by atoms with Crippen LogP contribution in [0.1, 0.15) is 44.5 Å². The smallest absolute Gasteiger partial charge is 0.311 e. The predicted molar refractivity (Wildman–Crippen MR) is 94.2 cm³/mol. The van der Waals surface area contributed by atoms with Gasteiger partial charge in [-0.25, -0.2) is 0 Å². The van der Waals surface area contributed by atoms with Crippen molar-refractivity contribution in [3.8, 4) is 11.5 Å². The lowest BCUT2D eigenvalue weighted by atomic mass is 9.76. The molecule has 1 atom stereocenters. The first-order chi connectivity index (χ1) is 11.9. The first-order valence-electron chi connectivity index (χ1n) is 8.78. The van der Waals surface area contributed by atoms with Crippen molar-refractivity contribution in [1.82, 2.24) is 4.90 Å². The van der Waals surface area contributed by atoms with Gasteiger partial charge < -0.3 is 19.5 Å². The van der Waals surface area contributed by atoms with Gasteiger partial charge in [-0.3, -0.25) is 9.59 Å². The van der Waals surface area contributed by atoms with Gasteiger partial charge in [0.1, 0.15) is 0 Å². The van der Waals surface area contributed by atoms with E-state index in [0.29, 0.717) is 43.2 Å². The van der Waals surface area contributed by atoms with Crippen molar-refractivity contribution in [3.63, 3.8) is 0 Å². The number of rotatable bonds is 7. The van der Waals surface area contributed by atoms with Gasteiger partial charge in [0, 0.05) is 18.7 Å². The Hall–Kier alpha value is -2.24. The van der Waals surface area contributed by atoms with E-state index in [1.165, 1.54) is 0 Å². The number of amides is 1. The van der Waals surface area contributed by atoms with E-state index in [4.69, 9.17) is 9.47 Å². The second-order valence-corrected chi connectivity index (χ2v) is 6.62. The number of carboxylic acids is 1. The molecule has 2 rings (SSSR count). The second-order valence-electron chi connectivity index (χ2n) is 6.62. The molecular formula is C19H27NO5. The van der Waals surface area contributed by atoms with E-state index in [-0.39, 0.29) is 18.4 Å². The molecule has 1 saturated heterocycles. The molecule has 0 bridgehead atoms. The first kappa shape index (κ1) is 19.1. The van der Waals surface area contributed by atoms with Gasteiger partial charge in [0.2, 0.25) is 0 Å². The summed E-state index contributed by atoms with van der Waals surface area (Å²) in [5.74, 6) is 0.0848. The summed E-state index contributed by atoms with van der Waals surface area (Å²) in [6, 6.07) is 5.10. The Bertz CT molecular complexity index is 643. The van der Waals surface area contributed by atoms with E-state index in [9.17, 15) is 14.7 Å². The molecular weight excluding hydrogens is 322 g/mol. The number of likely N-dealkylation sites (tertiary alicyclic amines) is 1. The first-order valence-corrected chi connectivity index (χ1v) is 8.78. The van der Waals surface area contributed by atoms with E-state index in [1.54, 1.807) is 23.1 Å². The normalized spacial score (nSPS) is 20.0. The molecule has 1 aliphatic heterocycles. The van der Waals surface area contributed by atoms with Crippen LogP contribution in [0.2, 0.25) is 0 Å². The molecule has 0 aliphatic carbocycles. The van der Waals surface area contributed by atoms with E-state index < -0.39 is 11.4 Å². The van der Waals surface area contributed by atoms with Gasteiger partial charge in [-0.15, -0.1) is 0 Å². The molecule has 138 valence electrons. The molecule has 0 aromatic heterocycles. The SMILES string of the molecule is CCOc1ccc(C(=O)N2CCC(C(=O)O)(C(C)C)C2)cc1OCC. The van der Waals surface area contributed by atoms with E-state index >= 15 is 0 Å². The zero-order valence-electron chi connectivity index (χ0n) is 15.4. The summed E-state index contributed by atoms with van der Waals surface area (Å²) < 4.78 is 11.1. The lowest BCUT2D eigenvalue weighted by Crippen LogP contribution is -2.40. The number of nitrogens with zero attached hydrogens (tertiary/aromatic N) is 1. The number of aliphatic carboxylic acids is 1. The van der Waals surface area contributed by atoms with Gasteiger partial charge in [-0.2, -0.15) is 0 Å². The average molecular weight is 349 g/mol. The van der Waals surface area contributed by atoms with Crippen LogP contribution in [0.25, 0.3) is 0 Å². The molecule has 1 aromatic carbocycles. The van der Waals surface area contributed by atoms with Crippen LogP contribution in [0, 0.1) is 11.3 Å². The van der Waals surface area contributed by atoms with Crippen molar-refractivity contribution in [2.75, 3.05) is 26.3 Å². The summed E-state index contributed by atoms with van der Waals surface area (Å²) in [7, 11) is 0. The number of carbonyl (C=O) groups is 2. The number of carbonyl (C=O) groups excluding carboxylic acids is 1. The number of benzene rings is 1. The molecule has 6 nitrogen and oxygen atoms in total. The zero-order chi connectivity index (χ0) is 18.6. The third-order valence-electron chi connectivity index (χ3n) is 4.91. The third kappa shape index (κ3) is 3.72. The highest BCUT2D eigenvalue weighted by Crippen LogP contribution is 2.39. The minimum absolute atomic E-state index is 0.0397. The number of ether oxygens (including phenoxy) is 2. The molecule has 1 unspecified atom stereocenters. The van der Waals surface area contributed by atoms with Crippen molar-refractivity contribution in [3.05, 3.63) is 23.8 Å². The van der Waals surface area contributed by atoms with Gasteiger partial charge in [-0.05, 0) is 44.4 Å². The van der Waals surface area contributed by atoms with Gasteiger partial charge >= 0.3 is 5.97 Å². The van der Waals surface area contributed by atoms with Gasteiger partial charge in [-0.1, -0.05) is 13.8 Å². The van der Waals surface area contributed by atoms with Crippen LogP contribution in [0.4, 0.5) is 0 Å². The minimum atomic E-state index is -0.871. The van der Waals surface area contributed by atoms with Crippen molar-refractivity contribution in [2.45, 2.75) is 34.1 Å². The lowest BCUT2D eigenvalue weighted by Gasteiger charge is -2.28. The fraction of sp³-hybridized carbons (Fsp3) is 0.579. The number of hydrogen-bond donors (Lipinski definition) is 1. The fourth-order valence-electron chi connectivity index (χ4n) is 3.27. The summed E-state index contributed by atoms with van der Waals surface area (Å²) in [6.45, 7) is 9.20. The monoisotopic (exact) mass is 349 g/mol. The molecule has 1 aliphatic rings. The average Bonchev–Trinajstić information content (AvgIpc) is 3.03. The molecule has 1 amide bonds. The Morgan fingerprint density at radius 3 is 2.36 bits per heavy atom. The summed E-state index contributed by atoms with van der Waals surface area (Å²) in [6.07, 6.45) is 0.473. The third-order valence-corrected chi connectivity index (χ3v) is 4.91. The van der Waals surface area contributed by atoms with Crippen molar-refractivity contribution in [2.24, 2.45) is 11.3 Å². The maximum Gasteiger partial charge on any atom is 0.311 e. The van der Waals surface area contributed by atoms with Crippen LogP contribution in [-0.2, 0) is 4.79 Å². The maximum absolute atomic E-state index is 12.8.